The first kappa shape index (κ1) is 15.7. The van der Waals surface area contributed by atoms with Crippen LogP contribution in [0.25, 0.3) is 0 Å². The number of amides is 1. The molecule has 2 aromatic rings. The molecule has 1 aliphatic carbocycles. The molecule has 1 saturated heterocycles. The summed E-state index contributed by atoms with van der Waals surface area (Å²) in [5.74, 6) is 2.37. The predicted octanol–water partition coefficient (Wildman–Crippen LogP) is 2.86. The number of rotatable bonds is 4. The normalized spacial score (nSPS) is 21.7. The van der Waals surface area contributed by atoms with E-state index in [9.17, 15) is 4.79 Å². The van der Waals surface area contributed by atoms with Gasteiger partial charge in [0, 0.05) is 37.9 Å². The second-order valence-electron chi connectivity index (χ2n) is 7.01. The molecular formula is C17H23N5OS. The summed E-state index contributed by atoms with van der Waals surface area (Å²) in [6.45, 7) is 4.50. The number of nitrogens with zero attached hydrogens (tertiary/aromatic N) is 5. The zero-order chi connectivity index (χ0) is 16.5. The second-order valence-corrected chi connectivity index (χ2v) is 7.77. The molecule has 4 rings (SSSR count). The van der Waals surface area contributed by atoms with E-state index in [4.69, 9.17) is 0 Å². The lowest BCUT2D eigenvalue weighted by Crippen LogP contribution is -2.39. The van der Waals surface area contributed by atoms with Crippen molar-refractivity contribution >= 4 is 17.4 Å². The molecule has 0 spiro atoms. The lowest BCUT2D eigenvalue weighted by molar-refractivity contribution is 0.0706. The maximum absolute atomic E-state index is 12.7. The van der Waals surface area contributed by atoms with Gasteiger partial charge in [0.05, 0.1) is 5.69 Å². The van der Waals surface area contributed by atoms with Crippen LogP contribution in [0.1, 0.15) is 59.2 Å². The number of carbonyl (C=O) groups excluding carboxylic acids is 1. The van der Waals surface area contributed by atoms with Crippen molar-refractivity contribution in [3.8, 4) is 0 Å². The molecule has 0 unspecified atom stereocenters. The van der Waals surface area contributed by atoms with Crippen LogP contribution >= 0.6 is 11.5 Å². The third-order valence-corrected chi connectivity index (χ3v) is 6.16. The Morgan fingerprint density at radius 1 is 1.33 bits per heavy atom. The fourth-order valence-corrected chi connectivity index (χ4v) is 4.36. The summed E-state index contributed by atoms with van der Waals surface area (Å²) in [5, 5.41) is 3.97. The Bertz CT molecular complexity index is 720. The molecule has 0 N–H and O–H groups in total. The summed E-state index contributed by atoms with van der Waals surface area (Å²) >= 11 is 1.20. The average molecular weight is 345 g/mol. The van der Waals surface area contributed by atoms with Crippen molar-refractivity contribution in [3.63, 3.8) is 0 Å². The predicted molar refractivity (Wildman–Crippen MR) is 92.1 cm³/mol. The number of aryl methyl sites for hydroxylation is 1. The van der Waals surface area contributed by atoms with Crippen LogP contribution < -0.4 is 0 Å². The van der Waals surface area contributed by atoms with Gasteiger partial charge in [-0.05, 0) is 50.1 Å². The van der Waals surface area contributed by atoms with Crippen LogP contribution in [-0.2, 0) is 6.54 Å². The number of hydrogen-bond donors (Lipinski definition) is 0. The van der Waals surface area contributed by atoms with Gasteiger partial charge in [0.25, 0.3) is 5.91 Å². The van der Waals surface area contributed by atoms with Crippen LogP contribution in [0.3, 0.4) is 0 Å². The largest absolute Gasteiger partial charge is 0.337 e. The van der Waals surface area contributed by atoms with Crippen molar-refractivity contribution < 1.29 is 4.79 Å². The second kappa shape index (κ2) is 6.63. The van der Waals surface area contributed by atoms with Gasteiger partial charge < -0.3 is 9.47 Å². The van der Waals surface area contributed by atoms with E-state index in [0.717, 1.165) is 49.9 Å². The van der Waals surface area contributed by atoms with Gasteiger partial charge in [-0.3, -0.25) is 4.79 Å². The van der Waals surface area contributed by atoms with Gasteiger partial charge >= 0.3 is 0 Å². The zero-order valence-corrected chi connectivity index (χ0v) is 14.8. The molecule has 0 bridgehead atoms. The van der Waals surface area contributed by atoms with Crippen molar-refractivity contribution in [3.05, 3.63) is 28.8 Å². The highest BCUT2D eigenvalue weighted by Crippen LogP contribution is 2.31. The van der Waals surface area contributed by atoms with Crippen LogP contribution in [0.4, 0.5) is 0 Å². The number of likely N-dealkylation sites (tertiary alicyclic amines) is 1. The van der Waals surface area contributed by atoms with Crippen LogP contribution in [0, 0.1) is 12.8 Å². The molecule has 7 heteroatoms. The van der Waals surface area contributed by atoms with Crippen molar-refractivity contribution in [2.45, 2.75) is 51.5 Å². The zero-order valence-electron chi connectivity index (χ0n) is 14.0. The van der Waals surface area contributed by atoms with Gasteiger partial charge in [-0.15, -0.1) is 5.10 Å². The molecular weight excluding hydrogens is 322 g/mol. The molecule has 0 radical (unpaired) electrons. The average Bonchev–Trinajstić information content (AvgIpc) is 3.19. The molecule has 1 aliphatic heterocycles. The standard InChI is InChI=1S/C17H23N5OS/c1-12-15(24-20-19-12)17(23)22-8-3-6-14(11-22)16-18-7-9-21(16)10-13-4-2-5-13/h7,9,13-14H,2-6,8,10-11H2,1H3/t14-/m1/s1. The Morgan fingerprint density at radius 3 is 2.92 bits per heavy atom. The minimum atomic E-state index is 0.0734. The molecule has 2 aromatic heterocycles. The van der Waals surface area contributed by atoms with Crippen molar-refractivity contribution in [1.29, 1.82) is 0 Å². The third-order valence-electron chi connectivity index (χ3n) is 5.35. The van der Waals surface area contributed by atoms with Gasteiger partial charge in [-0.1, -0.05) is 10.9 Å². The van der Waals surface area contributed by atoms with E-state index in [2.05, 4.69) is 25.3 Å². The van der Waals surface area contributed by atoms with Gasteiger partial charge in [-0.2, -0.15) is 0 Å². The summed E-state index contributed by atoms with van der Waals surface area (Å²) in [4.78, 5) is 20.0. The van der Waals surface area contributed by atoms with E-state index < -0.39 is 0 Å². The number of hydrogen-bond acceptors (Lipinski definition) is 5. The molecule has 1 saturated carbocycles. The Labute approximate surface area is 146 Å². The van der Waals surface area contributed by atoms with E-state index in [1.165, 1.54) is 30.8 Å². The summed E-state index contributed by atoms with van der Waals surface area (Å²) in [5.41, 5.74) is 0.735. The van der Waals surface area contributed by atoms with Crippen LogP contribution in [0.5, 0.6) is 0 Å². The first-order valence-corrected chi connectivity index (χ1v) is 9.59. The van der Waals surface area contributed by atoms with Crippen molar-refractivity contribution in [2.75, 3.05) is 13.1 Å². The van der Waals surface area contributed by atoms with E-state index in [0.29, 0.717) is 10.8 Å². The van der Waals surface area contributed by atoms with Gasteiger partial charge in [-0.25, -0.2) is 4.98 Å². The Kier molecular flexibility index (Phi) is 4.35. The Balaban J connectivity index is 1.48. The number of aromatic nitrogens is 4. The molecule has 2 fully saturated rings. The van der Waals surface area contributed by atoms with Crippen molar-refractivity contribution in [2.24, 2.45) is 5.92 Å². The minimum Gasteiger partial charge on any atom is -0.337 e. The minimum absolute atomic E-state index is 0.0734. The first-order chi connectivity index (χ1) is 11.7. The smallest absolute Gasteiger partial charge is 0.267 e. The maximum atomic E-state index is 12.7. The molecule has 6 nitrogen and oxygen atoms in total. The summed E-state index contributed by atoms with van der Waals surface area (Å²) in [7, 11) is 0. The van der Waals surface area contributed by atoms with Crippen LogP contribution in [-0.4, -0.2) is 43.0 Å². The van der Waals surface area contributed by atoms with E-state index in [1.807, 2.05) is 18.0 Å². The maximum Gasteiger partial charge on any atom is 0.267 e. The molecule has 1 atom stereocenters. The first-order valence-electron chi connectivity index (χ1n) is 8.81. The van der Waals surface area contributed by atoms with Crippen LogP contribution in [0.15, 0.2) is 12.4 Å². The van der Waals surface area contributed by atoms with E-state index in [1.54, 1.807) is 0 Å². The fraction of sp³-hybridized carbons (Fsp3) is 0.647. The van der Waals surface area contributed by atoms with Gasteiger partial charge in [0.1, 0.15) is 10.7 Å². The quantitative estimate of drug-likeness (QED) is 0.855. The number of piperidine rings is 1. The molecule has 24 heavy (non-hydrogen) atoms. The fourth-order valence-electron chi connectivity index (χ4n) is 3.73. The molecule has 2 aliphatic rings. The lowest BCUT2D eigenvalue weighted by Gasteiger charge is -2.33. The number of imidazole rings is 1. The van der Waals surface area contributed by atoms with E-state index in [-0.39, 0.29) is 5.91 Å². The molecule has 128 valence electrons. The Morgan fingerprint density at radius 2 is 2.21 bits per heavy atom. The summed E-state index contributed by atoms with van der Waals surface area (Å²) in [6.07, 6.45) is 10.2. The monoisotopic (exact) mass is 345 g/mol. The Hall–Kier alpha value is -1.76. The summed E-state index contributed by atoms with van der Waals surface area (Å²) < 4.78 is 6.22. The number of carbonyl (C=O) groups is 1. The molecule has 1 amide bonds. The lowest BCUT2D eigenvalue weighted by atomic mass is 9.85. The molecule has 0 aromatic carbocycles. The summed E-state index contributed by atoms with van der Waals surface area (Å²) in [6, 6.07) is 0. The van der Waals surface area contributed by atoms with Crippen molar-refractivity contribution in [1.82, 2.24) is 24.0 Å². The highest BCUT2D eigenvalue weighted by molar-refractivity contribution is 7.07. The highest BCUT2D eigenvalue weighted by Gasteiger charge is 2.30. The highest BCUT2D eigenvalue weighted by atomic mass is 32.1. The van der Waals surface area contributed by atoms with Crippen LogP contribution in [0.2, 0.25) is 0 Å². The van der Waals surface area contributed by atoms with Gasteiger partial charge in [0.2, 0.25) is 0 Å². The van der Waals surface area contributed by atoms with Gasteiger partial charge in [0.15, 0.2) is 0 Å². The topological polar surface area (TPSA) is 63.9 Å². The SMILES string of the molecule is Cc1nnsc1C(=O)N1CCC[C@@H](c2nccn2CC2CCC2)C1. The molecule has 3 heterocycles. The van der Waals surface area contributed by atoms with E-state index >= 15 is 0 Å². The third kappa shape index (κ3) is 2.97.